The van der Waals surface area contributed by atoms with E-state index in [0.29, 0.717) is 58.0 Å². The number of benzene rings is 1. The maximum absolute atomic E-state index is 13.0. The standard InChI is InChI=1S/C20H30N4O5S/c1-3-21(4-2)19(25)17-5-7-18(8-6-17)30(27,28)24-11-9-22(10-12-24)20(26)23-13-15-29-16-14-23/h5-8H,3-4,9-16H2,1-2H3. The van der Waals surface area contributed by atoms with Crippen LogP contribution in [0.25, 0.3) is 0 Å². The van der Waals surface area contributed by atoms with Gasteiger partial charge < -0.3 is 19.4 Å². The van der Waals surface area contributed by atoms with Crippen molar-refractivity contribution in [1.29, 1.82) is 0 Å². The number of ether oxygens (including phenoxy) is 1. The Morgan fingerprint density at radius 1 is 0.900 bits per heavy atom. The van der Waals surface area contributed by atoms with Crippen molar-refractivity contribution < 1.29 is 22.7 Å². The lowest BCUT2D eigenvalue weighted by atomic mass is 10.2. The third-order valence-electron chi connectivity index (χ3n) is 5.58. The van der Waals surface area contributed by atoms with Gasteiger partial charge in [-0.05, 0) is 38.1 Å². The molecule has 0 bridgehead atoms. The van der Waals surface area contributed by atoms with Crippen molar-refractivity contribution in [3.05, 3.63) is 29.8 Å². The van der Waals surface area contributed by atoms with Crippen LogP contribution in [0, 0.1) is 0 Å². The minimum Gasteiger partial charge on any atom is -0.378 e. The number of amides is 3. The molecule has 30 heavy (non-hydrogen) atoms. The zero-order valence-corrected chi connectivity index (χ0v) is 18.4. The van der Waals surface area contributed by atoms with Gasteiger partial charge in [0, 0.05) is 57.9 Å². The van der Waals surface area contributed by atoms with Gasteiger partial charge in [-0.15, -0.1) is 0 Å². The maximum Gasteiger partial charge on any atom is 0.320 e. The Hall–Kier alpha value is -2.17. The molecule has 9 nitrogen and oxygen atoms in total. The average molecular weight is 439 g/mol. The highest BCUT2D eigenvalue weighted by atomic mass is 32.2. The first-order chi connectivity index (χ1) is 14.4. The van der Waals surface area contributed by atoms with Crippen molar-refractivity contribution in [2.75, 3.05) is 65.6 Å². The van der Waals surface area contributed by atoms with E-state index in [-0.39, 0.29) is 29.9 Å². The summed E-state index contributed by atoms with van der Waals surface area (Å²) in [5, 5.41) is 0. The van der Waals surface area contributed by atoms with Gasteiger partial charge in [0.1, 0.15) is 0 Å². The van der Waals surface area contributed by atoms with Gasteiger partial charge in [-0.3, -0.25) is 4.79 Å². The molecule has 3 rings (SSSR count). The Kier molecular flexibility index (Phi) is 7.32. The highest BCUT2D eigenvalue weighted by Crippen LogP contribution is 2.19. The second kappa shape index (κ2) is 9.76. The summed E-state index contributed by atoms with van der Waals surface area (Å²) in [5.74, 6) is -0.112. The highest BCUT2D eigenvalue weighted by molar-refractivity contribution is 7.89. The number of carbonyl (C=O) groups is 2. The molecule has 0 radical (unpaired) electrons. The first-order valence-corrected chi connectivity index (χ1v) is 11.8. The van der Waals surface area contributed by atoms with Crippen LogP contribution in [0.2, 0.25) is 0 Å². The summed E-state index contributed by atoms with van der Waals surface area (Å²) in [6.45, 7) is 8.42. The minimum atomic E-state index is -3.67. The summed E-state index contributed by atoms with van der Waals surface area (Å²) < 4.78 is 32.7. The molecule has 0 aliphatic carbocycles. The van der Waals surface area contributed by atoms with Crippen LogP contribution in [-0.4, -0.2) is 105 Å². The fourth-order valence-corrected chi connectivity index (χ4v) is 5.11. The Bertz CT molecular complexity index is 840. The Morgan fingerprint density at radius 3 is 1.97 bits per heavy atom. The molecule has 2 saturated heterocycles. The molecule has 1 aromatic carbocycles. The second-order valence-electron chi connectivity index (χ2n) is 7.27. The first kappa shape index (κ1) is 22.5. The van der Waals surface area contributed by atoms with E-state index in [2.05, 4.69) is 0 Å². The van der Waals surface area contributed by atoms with Gasteiger partial charge in [0.05, 0.1) is 18.1 Å². The fourth-order valence-electron chi connectivity index (χ4n) is 3.69. The molecule has 1 aromatic rings. The van der Waals surface area contributed by atoms with Crippen molar-refractivity contribution >= 4 is 22.0 Å². The van der Waals surface area contributed by atoms with Crippen LogP contribution < -0.4 is 0 Å². The van der Waals surface area contributed by atoms with Crippen molar-refractivity contribution in [3.63, 3.8) is 0 Å². The van der Waals surface area contributed by atoms with E-state index in [1.807, 2.05) is 13.8 Å². The normalized spacial score (nSPS) is 18.3. The molecule has 2 heterocycles. The molecule has 0 aromatic heterocycles. The lowest BCUT2D eigenvalue weighted by Gasteiger charge is -2.38. The first-order valence-electron chi connectivity index (χ1n) is 10.4. The summed E-state index contributed by atoms with van der Waals surface area (Å²) in [5.41, 5.74) is 0.471. The number of carbonyl (C=O) groups excluding carboxylic acids is 2. The SMILES string of the molecule is CCN(CC)C(=O)c1ccc(S(=O)(=O)N2CCN(C(=O)N3CCOCC3)CC2)cc1. The van der Waals surface area contributed by atoms with E-state index in [0.717, 1.165) is 0 Å². The predicted molar refractivity (Wildman–Crippen MR) is 112 cm³/mol. The number of piperazine rings is 1. The fraction of sp³-hybridized carbons (Fsp3) is 0.600. The molecule has 0 spiro atoms. The number of sulfonamides is 1. The zero-order valence-electron chi connectivity index (χ0n) is 17.6. The number of rotatable bonds is 5. The summed E-state index contributed by atoms with van der Waals surface area (Å²) in [6, 6.07) is 6.03. The molecule has 3 amide bonds. The maximum atomic E-state index is 13.0. The van der Waals surface area contributed by atoms with E-state index < -0.39 is 10.0 Å². The highest BCUT2D eigenvalue weighted by Gasteiger charge is 2.32. The number of nitrogens with zero attached hydrogens (tertiary/aromatic N) is 4. The Labute approximate surface area is 178 Å². The molecule has 166 valence electrons. The summed E-state index contributed by atoms with van der Waals surface area (Å²) in [7, 11) is -3.67. The molecule has 0 unspecified atom stereocenters. The van der Waals surface area contributed by atoms with Crippen LogP contribution in [-0.2, 0) is 14.8 Å². The van der Waals surface area contributed by atoms with Crippen LogP contribution in [0.3, 0.4) is 0 Å². The molecule has 0 N–H and O–H groups in total. The van der Waals surface area contributed by atoms with Crippen LogP contribution in [0.4, 0.5) is 4.79 Å². The number of hydrogen-bond acceptors (Lipinski definition) is 5. The van der Waals surface area contributed by atoms with E-state index in [9.17, 15) is 18.0 Å². The van der Waals surface area contributed by atoms with Gasteiger partial charge in [-0.2, -0.15) is 4.31 Å². The second-order valence-corrected chi connectivity index (χ2v) is 9.21. The van der Waals surface area contributed by atoms with Crippen molar-refractivity contribution in [2.45, 2.75) is 18.7 Å². The molecule has 2 fully saturated rings. The van der Waals surface area contributed by atoms with Crippen molar-refractivity contribution in [1.82, 2.24) is 19.0 Å². The molecule has 0 saturated carbocycles. The molecule has 10 heteroatoms. The average Bonchev–Trinajstić information content (AvgIpc) is 2.80. The predicted octanol–water partition coefficient (Wildman–Crippen LogP) is 0.927. The third-order valence-corrected chi connectivity index (χ3v) is 7.49. The number of hydrogen-bond donors (Lipinski definition) is 0. The molecular formula is C20H30N4O5S. The smallest absolute Gasteiger partial charge is 0.320 e. The van der Waals surface area contributed by atoms with Gasteiger partial charge in [0.2, 0.25) is 10.0 Å². The van der Waals surface area contributed by atoms with Crippen LogP contribution in [0.15, 0.2) is 29.2 Å². The van der Waals surface area contributed by atoms with Gasteiger partial charge in [-0.1, -0.05) is 0 Å². The van der Waals surface area contributed by atoms with Crippen molar-refractivity contribution in [3.8, 4) is 0 Å². The van der Waals surface area contributed by atoms with E-state index in [1.54, 1.807) is 26.8 Å². The molecule has 2 aliphatic rings. The number of morpholine rings is 1. The monoisotopic (exact) mass is 438 g/mol. The third kappa shape index (κ3) is 4.76. The zero-order chi connectivity index (χ0) is 21.7. The van der Waals surface area contributed by atoms with E-state index in [4.69, 9.17) is 4.74 Å². The summed E-state index contributed by atoms with van der Waals surface area (Å²) in [4.78, 5) is 30.3. The molecule has 2 aliphatic heterocycles. The van der Waals surface area contributed by atoms with Crippen LogP contribution >= 0.6 is 0 Å². The Balaban J connectivity index is 1.62. The van der Waals surface area contributed by atoms with Gasteiger partial charge in [-0.25, -0.2) is 13.2 Å². The number of urea groups is 1. The lowest BCUT2D eigenvalue weighted by Crippen LogP contribution is -2.55. The lowest BCUT2D eigenvalue weighted by molar-refractivity contribution is 0.0405. The van der Waals surface area contributed by atoms with Gasteiger partial charge in [0.25, 0.3) is 5.91 Å². The largest absolute Gasteiger partial charge is 0.378 e. The topological polar surface area (TPSA) is 90.5 Å². The van der Waals surface area contributed by atoms with Gasteiger partial charge in [0.15, 0.2) is 0 Å². The molecule has 0 atom stereocenters. The van der Waals surface area contributed by atoms with E-state index in [1.165, 1.54) is 16.4 Å². The summed E-state index contributed by atoms with van der Waals surface area (Å²) >= 11 is 0. The quantitative estimate of drug-likeness (QED) is 0.682. The minimum absolute atomic E-state index is 0.0605. The van der Waals surface area contributed by atoms with Crippen LogP contribution in [0.1, 0.15) is 24.2 Å². The Morgan fingerprint density at radius 2 is 1.43 bits per heavy atom. The molecular weight excluding hydrogens is 408 g/mol. The van der Waals surface area contributed by atoms with Crippen molar-refractivity contribution in [2.24, 2.45) is 0 Å². The summed E-state index contributed by atoms with van der Waals surface area (Å²) in [6.07, 6.45) is 0. The van der Waals surface area contributed by atoms with Gasteiger partial charge >= 0.3 is 6.03 Å². The van der Waals surface area contributed by atoms with E-state index >= 15 is 0 Å². The van der Waals surface area contributed by atoms with Crippen LogP contribution in [0.5, 0.6) is 0 Å².